The van der Waals surface area contributed by atoms with Gasteiger partial charge in [-0.25, -0.2) is 12.8 Å². The Bertz CT molecular complexity index is 958. The summed E-state index contributed by atoms with van der Waals surface area (Å²) in [5.74, 6) is -0.0677. The van der Waals surface area contributed by atoms with E-state index in [2.05, 4.69) is 10.2 Å². The summed E-state index contributed by atoms with van der Waals surface area (Å²) < 4.78 is 37.1. The number of rotatable bonds is 5. The third-order valence-corrected chi connectivity index (χ3v) is 8.96. The van der Waals surface area contributed by atoms with Crippen LogP contribution in [0.5, 0.6) is 0 Å². The molecule has 1 aliphatic heterocycles. The third-order valence-electron chi connectivity index (χ3n) is 5.22. The van der Waals surface area contributed by atoms with Crippen molar-refractivity contribution in [1.29, 1.82) is 0 Å². The van der Waals surface area contributed by atoms with Crippen LogP contribution in [0.15, 0.2) is 24.3 Å². The molecule has 158 valence electrons. The van der Waals surface area contributed by atoms with Gasteiger partial charge >= 0.3 is 0 Å². The number of likely N-dealkylation sites (tertiary alicyclic amines) is 1. The molecule has 2 aromatic rings. The highest BCUT2D eigenvalue weighted by molar-refractivity contribution is 7.92. The van der Waals surface area contributed by atoms with Crippen LogP contribution in [0.4, 0.5) is 4.39 Å². The zero-order valence-electron chi connectivity index (χ0n) is 16.9. The molecule has 29 heavy (non-hydrogen) atoms. The van der Waals surface area contributed by atoms with Crippen LogP contribution < -0.4 is 0 Å². The van der Waals surface area contributed by atoms with E-state index in [9.17, 15) is 17.6 Å². The zero-order chi connectivity index (χ0) is 21.2. The minimum Gasteiger partial charge on any atom is -0.342 e. The molecule has 6 nitrogen and oxygen atoms in total. The van der Waals surface area contributed by atoms with Crippen LogP contribution in [0.2, 0.25) is 0 Å². The monoisotopic (exact) mass is 439 g/mol. The highest BCUT2D eigenvalue weighted by Crippen LogP contribution is 2.27. The van der Waals surface area contributed by atoms with Gasteiger partial charge in [0.05, 0.1) is 16.9 Å². The molecule has 1 aromatic carbocycles. The van der Waals surface area contributed by atoms with Crippen LogP contribution in [0.1, 0.15) is 38.6 Å². The predicted octanol–water partition coefficient (Wildman–Crippen LogP) is 3.34. The first kappa shape index (κ1) is 21.8. The Balaban J connectivity index is 1.53. The molecule has 0 radical (unpaired) electrons. The van der Waals surface area contributed by atoms with Crippen molar-refractivity contribution >= 4 is 27.1 Å². The fraction of sp³-hybridized carbons (Fsp3) is 0.550. The summed E-state index contributed by atoms with van der Waals surface area (Å²) in [5, 5.41) is 9.46. The van der Waals surface area contributed by atoms with Gasteiger partial charge in [0.1, 0.15) is 15.8 Å². The summed E-state index contributed by atoms with van der Waals surface area (Å²) >= 11 is 1.32. The predicted molar refractivity (Wildman–Crippen MR) is 112 cm³/mol. The molecule has 1 aromatic heterocycles. The molecule has 3 rings (SSSR count). The van der Waals surface area contributed by atoms with E-state index in [0.29, 0.717) is 35.9 Å². The van der Waals surface area contributed by atoms with Crippen molar-refractivity contribution in [3.63, 3.8) is 0 Å². The lowest BCUT2D eigenvalue weighted by molar-refractivity contribution is -0.131. The van der Waals surface area contributed by atoms with Gasteiger partial charge in [-0.2, -0.15) is 0 Å². The van der Waals surface area contributed by atoms with Crippen LogP contribution in [0.3, 0.4) is 0 Å². The van der Waals surface area contributed by atoms with Crippen LogP contribution in [-0.4, -0.2) is 53.0 Å². The largest absolute Gasteiger partial charge is 0.342 e. The maximum Gasteiger partial charge on any atom is 0.229 e. The molecule has 0 spiro atoms. The number of amides is 1. The highest BCUT2D eigenvalue weighted by Gasteiger charge is 2.33. The molecule has 0 atom stereocenters. The van der Waals surface area contributed by atoms with Gasteiger partial charge < -0.3 is 4.90 Å². The second-order valence-electron chi connectivity index (χ2n) is 8.40. The number of nitrogens with zero attached hydrogens (tertiary/aromatic N) is 3. The fourth-order valence-electron chi connectivity index (χ4n) is 3.18. The van der Waals surface area contributed by atoms with Crippen molar-refractivity contribution in [2.75, 3.05) is 18.8 Å². The first-order chi connectivity index (χ1) is 13.5. The summed E-state index contributed by atoms with van der Waals surface area (Å²) in [6, 6.07) is 6.01. The van der Waals surface area contributed by atoms with E-state index in [-0.39, 0.29) is 29.8 Å². The summed E-state index contributed by atoms with van der Waals surface area (Å²) in [6.07, 6.45) is 1.56. The Kier molecular flexibility index (Phi) is 6.38. The molecule has 2 heterocycles. The summed E-state index contributed by atoms with van der Waals surface area (Å²) in [5.41, 5.74) is 0.767. The smallest absolute Gasteiger partial charge is 0.229 e. The van der Waals surface area contributed by atoms with Gasteiger partial charge in [-0.3, -0.25) is 4.79 Å². The first-order valence-corrected chi connectivity index (χ1v) is 12.1. The molecule has 1 saturated heterocycles. The zero-order valence-corrected chi connectivity index (χ0v) is 18.5. The molecule has 0 saturated carbocycles. The number of hydrogen-bond acceptors (Lipinski definition) is 6. The van der Waals surface area contributed by atoms with E-state index >= 15 is 0 Å². The van der Waals surface area contributed by atoms with Crippen molar-refractivity contribution < 1.29 is 17.6 Å². The van der Waals surface area contributed by atoms with Crippen LogP contribution >= 0.6 is 11.3 Å². The lowest BCUT2D eigenvalue weighted by Gasteiger charge is -2.33. The Morgan fingerprint density at radius 1 is 1.17 bits per heavy atom. The Morgan fingerprint density at radius 2 is 1.79 bits per heavy atom. The molecule has 0 N–H and O–H groups in total. The second kappa shape index (κ2) is 8.47. The van der Waals surface area contributed by atoms with Gasteiger partial charge in [-0.05, 0) is 63.8 Å². The van der Waals surface area contributed by atoms with Crippen molar-refractivity contribution in [3.05, 3.63) is 35.1 Å². The number of piperidine rings is 1. The van der Waals surface area contributed by atoms with Crippen molar-refractivity contribution in [2.24, 2.45) is 5.92 Å². The van der Waals surface area contributed by atoms with Crippen LogP contribution in [-0.2, 0) is 21.1 Å². The van der Waals surface area contributed by atoms with E-state index in [4.69, 9.17) is 0 Å². The summed E-state index contributed by atoms with van der Waals surface area (Å²) in [4.78, 5) is 14.4. The van der Waals surface area contributed by atoms with Crippen LogP contribution in [0.25, 0.3) is 10.6 Å². The van der Waals surface area contributed by atoms with Gasteiger partial charge in [-0.15, -0.1) is 10.2 Å². The number of sulfone groups is 1. The fourth-order valence-corrected chi connectivity index (χ4v) is 5.47. The topological polar surface area (TPSA) is 80.2 Å². The molecule has 0 aliphatic carbocycles. The second-order valence-corrected chi connectivity index (χ2v) is 12.3. The van der Waals surface area contributed by atoms with Crippen molar-refractivity contribution in [2.45, 2.75) is 44.8 Å². The average Bonchev–Trinajstić information content (AvgIpc) is 3.10. The van der Waals surface area contributed by atoms with E-state index in [1.165, 1.54) is 23.5 Å². The number of aromatic nitrogens is 2. The molecular formula is C20H26FN3O3S2. The maximum absolute atomic E-state index is 13.0. The average molecular weight is 440 g/mol. The van der Waals surface area contributed by atoms with E-state index in [1.54, 1.807) is 37.8 Å². The Labute approximate surface area is 175 Å². The normalized spacial score (nSPS) is 16.2. The van der Waals surface area contributed by atoms with Gasteiger partial charge in [-0.1, -0.05) is 11.3 Å². The number of halogens is 1. The quantitative estimate of drug-likeness (QED) is 0.714. The van der Waals surface area contributed by atoms with E-state index in [0.717, 1.165) is 5.56 Å². The van der Waals surface area contributed by atoms with Gasteiger partial charge in [0.15, 0.2) is 9.84 Å². The standard InChI is InChI=1S/C20H26FN3O3S2/c1-20(2,3)29(26,27)13-14-8-10-24(11-9-14)18(25)12-17-22-23-19(28-17)15-4-6-16(21)7-5-15/h4-7,14H,8-13H2,1-3H3. The Hall–Kier alpha value is -1.87. The minimum absolute atomic E-state index is 0.0241. The molecule has 0 unspecified atom stereocenters. The SMILES string of the molecule is CC(C)(C)S(=O)(=O)CC1CCN(C(=O)Cc2nnc(-c3ccc(F)cc3)s2)CC1. The highest BCUT2D eigenvalue weighted by atomic mass is 32.2. The molecule has 1 amide bonds. The number of carbonyl (C=O) groups is 1. The van der Waals surface area contributed by atoms with Crippen molar-refractivity contribution in [3.8, 4) is 10.6 Å². The van der Waals surface area contributed by atoms with Gasteiger partial charge in [0, 0.05) is 18.7 Å². The number of hydrogen-bond donors (Lipinski definition) is 0. The first-order valence-electron chi connectivity index (χ1n) is 9.63. The maximum atomic E-state index is 13.0. The Morgan fingerprint density at radius 3 is 2.38 bits per heavy atom. The number of benzene rings is 1. The summed E-state index contributed by atoms with van der Waals surface area (Å²) in [7, 11) is -3.15. The molecule has 1 fully saturated rings. The molecule has 0 bridgehead atoms. The summed E-state index contributed by atoms with van der Waals surface area (Å²) in [6.45, 7) is 6.30. The van der Waals surface area contributed by atoms with E-state index < -0.39 is 14.6 Å². The van der Waals surface area contributed by atoms with E-state index in [1.807, 2.05) is 0 Å². The lowest BCUT2D eigenvalue weighted by Crippen LogP contribution is -2.42. The van der Waals surface area contributed by atoms with Crippen LogP contribution in [0, 0.1) is 11.7 Å². The van der Waals surface area contributed by atoms with Gasteiger partial charge in [0.2, 0.25) is 5.91 Å². The lowest BCUT2D eigenvalue weighted by atomic mass is 9.99. The molecule has 1 aliphatic rings. The minimum atomic E-state index is -3.15. The third kappa shape index (κ3) is 5.39. The molecule has 9 heteroatoms. The van der Waals surface area contributed by atoms with Gasteiger partial charge in [0.25, 0.3) is 0 Å². The number of carbonyl (C=O) groups excluding carboxylic acids is 1. The molecular weight excluding hydrogens is 413 g/mol. The van der Waals surface area contributed by atoms with Crippen molar-refractivity contribution in [1.82, 2.24) is 15.1 Å².